The molecule has 0 bridgehead atoms. The fraction of sp³-hybridized carbons (Fsp3) is 0.0286. The summed E-state index contributed by atoms with van der Waals surface area (Å²) in [6.07, 6.45) is 0. The van der Waals surface area contributed by atoms with Crippen LogP contribution in [0.2, 0.25) is 0 Å². The molecule has 1 heterocycles. The molecule has 0 aliphatic rings. The van der Waals surface area contributed by atoms with Crippen molar-refractivity contribution in [2.75, 3.05) is 0 Å². The van der Waals surface area contributed by atoms with Crippen LogP contribution in [0.1, 0.15) is 5.56 Å². The van der Waals surface area contributed by atoms with Crippen LogP contribution in [0.5, 0.6) is 0 Å². The molecule has 1 aromatic heterocycles. The Hall–Kier alpha value is -4.62. The number of fused-ring (bicyclic) bond motifs is 4. The number of aromatic amines is 1. The van der Waals surface area contributed by atoms with Gasteiger partial charge >= 0.3 is 0 Å². The zero-order valence-corrected chi connectivity index (χ0v) is 20.1. The molecule has 36 heavy (non-hydrogen) atoms. The molecule has 0 atom stereocenters. The Morgan fingerprint density at radius 2 is 1.00 bits per heavy atom. The Kier molecular flexibility index (Phi) is 4.75. The average molecular weight is 460 g/mol. The molecule has 1 nitrogen and oxygen atoms in total. The van der Waals surface area contributed by atoms with Crippen molar-refractivity contribution in [3.05, 3.63) is 133 Å². The molecule has 1 N–H and O–H groups in total. The fourth-order valence-corrected chi connectivity index (χ4v) is 5.31. The van der Waals surface area contributed by atoms with Gasteiger partial charge in [-0.2, -0.15) is 0 Å². The SMILES string of the molecule is Cc1ccc(-c2ccc3cc(-c4ccc(-c5cccc6c5[nH]c5ccccc56)cc4)ccc3c2)cc1. The molecular formula is C35H25N. The van der Waals surface area contributed by atoms with E-state index in [4.69, 9.17) is 0 Å². The Morgan fingerprint density at radius 3 is 1.69 bits per heavy atom. The van der Waals surface area contributed by atoms with Gasteiger partial charge in [0.05, 0.1) is 5.52 Å². The number of H-pyrrole nitrogens is 1. The molecule has 0 saturated carbocycles. The number of hydrogen-bond donors (Lipinski definition) is 1. The third-order valence-corrected chi connectivity index (χ3v) is 7.30. The van der Waals surface area contributed by atoms with Crippen molar-refractivity contribution < 1.29 is 0 Å². The lowest BCUT2D eigenvalue weighted by Crippen LogP contribution is -1.84. The minimum atomic E-state index is 1.18. The Balaban J connectivity index is 1.23. The Morgan fingerprint density at radius 1 is 0.444 bits per heavy atom. The lowest BCUT2D eigenvalue weighted by molar-refractivity contribution is 1.47. The number of aryl methyl sites for hydroxylation is 1. The van der Waals surface area contributed by atoms with Gasteiger partial charge in [-0.15, -0.1) is 0 Å². The highest BCUT2D eigenvalue weighted by atomic mass is 14.7. The first kappa shape index (κ1) is 20.7. The van der Waals surface area contributed by atoms with Gasteiger partial charge < -0.3 is 4.98 Å². The second kappa shape index (κ2) is 8.25. The van der Waals surface area contributed by atoms with Crippen LogP contribution < -0.4 is 0 Å². The maximum atomic E-state index is 3.63. The zero-order chi connectivity index (χ0) is 24.1. The van der Waals surface area contributed by atoms with E-state index >= 15 is 0 Å². The van der Waals surface area contributed by atoms with Crippen molar-refractivity contribution in [1.82, 2.24) is 4.98 Å². The summed E-state index contributed by atoms with van der Waals surface area (Å²) in [5, 5.41) is 5.06. The van der Waals surface area contributed by atoms with Crippen LogP contribution in [0.25, 0.3) is 66.0 Å². The highest BCUT2D eigenvalue weighted by Crippen LogP contribution is 2.35. The molecule has 7 rings (SSSR count). The molecule has 0 saturated heterocycles. The van der Waals surface area contributed by atoms with Crippen molar-refractivity contribution in [2.45, 2.75) is 6.92 Å². The summed E-state index contributed by atoms with van der Waals surface area (Å²) in [4.78, 5) is 3.63. The quantitative estimate of drug-likeness (QED) is 0.271. The number of benzene rings is 6. The molecular weight excluding hydrogens is 434 g/mol. The van der Waals surface area contributed by atoms with Crippen LogP contribution in [0, 0.1) is 6.92 Å². The summed E-state index contributed by atoms with van der Waals surface area (Å²) >= 11 is 0. The van der Waals surface area contributed by atoms with Crippen molar-refractivity contribution >= 4 is 32.6 Å². The summed E-state index contributed by atoms with van der Waals surface area (Å²) in [6, 6.07) is 46.3. The molecule has 1 heteroatoms. The number of rotatable bonds is 3. The van der Waals surface area contributed by atoms with E-state index in [1.165, 1.54) is 71.5 Å². The molecule has 7 aromatic rings. The fourth-order valence-electron chi connectivity index (χ4n) is 5.31. The largest absolute Gasteiger partial charge is 0.354 e. The molecule has 0 unspecified atom stereocenters. The van der Waals surface area contributed by atoms with Gasteiger partial charge in [0, 0.05) is 21.9 Å². The molecule has 0 spiro atoms. The predicted molar refractivity (Wildman–Crippen MR) is 154 cm³/mol. The molecule has 0 aliphatic carbocycles. The van der Waals surface area contributed by atoms with Crippen LogP contribution in [0.15, 0.2) is 127 Å². The van der Waals surface area contributed by atoms with Crippen LogP contribution in [0.3, 0.4) is 0 Å². The minimum Gasteiger partial charge on any atom is -0.354 e. The summed E-state index contributed by atoms with van der Waals surface area (Å²) in [5.74, 6) is 0. The van der Waals surface area contributed by atoms with Crippen LogP contribution >= 0.6 is 0 Å². The van der Waals surface area contributed by atoms with E-state index in [2.05, 4.69) is 139 Å². The van der Waals surface area contributed by atoms with E-state index in [-0.39, 0.29) is 0 Å². The molecule has 170 valence electrons. The molecule has 0 fully saturated rings. The Bertz CT molecular complexity index is 1870. The van der Waals surface area contributed by atoms with E-state index in [9.17, 15) is 0 Å². The van der Waals surface area contributed by atoms with Crippen molar-refractivity contribution in [1.29, 1.82) is 0 Å². The maximum absolute atomic E-state index is 3.63. The van der Waals surface area contributed by atoms with E-state index < -0.39 is 0 Å². The normalized spacial score (nSPS) is 11.5. The standard InChI is InChI=1S/C35H25N/c1-23-9-11-24(12-10-23)27-17-19-30-22-28(18-20-29(30)21-27)25-13-15-26(16-14-25)31-6-4-7-33-32-5-2-3-8-34(32)36-35(31)33/h2-22,36H,1H3. The number of aromatic nitrogens is 1. The first-order valence-corrected chi connectivity index (χ1v) is 12.4. The molecule has 0 amide bonds. The topological polar surface area (TPSA) is 15.8 Å². The maximum Gasteiger partial charge on any atom is 0.0544 e. The summed E-state index contributed by atoms with van der Waals surface area (Å²) in [6.45, 7) is 2.13. The first-order valence-electron chi connectivity index (χ1n) is 12.4. The monoisotopic (exact) mass is 459 g/mol. The zero-order valence-electron chi connectivity index (χ0n) is 20.1. The third kappa shape index (κ3) is 3.49. The van der Waals surface area contributed by atoms with Crippen LogP contribution in [-0.4, -0.2) is 4.98 Å². The van der Waals surface area contributed by atoms with Crippen LogP contribution in [-0.2, 0) is 0 Å². The number of hydrogen-bond acceptors (Lipinski definition) is 0. The van der Waals surface area contributed by atoms with Gasteiger partial charge in [0.2, 0.25) is 0 Å². The highest BCUT2D eigenvalue weighted by molar-refractivity contribution is 6.11. The minimum absolute atomic E-state index is 1.18. The second-order valence-corrected chi connectivity index (χ2v) is 9.62. The van der Waals surface area contributed by atoms with Crippen LogP contribution in [0.4, 0.5) is 0 Å². The van der Waals surface area contributed by atoms with Crippen molar-refractivity contribution in [3.8, 4) is 33.4 Å². The summed E-state index contributed by atoms with van der Waals surface area (Å²) in [7, 11) is 0. The first-order chi connectivity index (χ1) is 17.7. The van der Waals surface area contributed by atoms with Gasteiger partial charge in [-0.25, -0.2) is 0 Å². The van der Waals surface area contributed by atoms with E-state index in [0.29, 0.717) is 0 Å². The smallest absolute Gasteiger partial charge is 0.0544 e. The summed E-state index contributed by atoms with van der Waals surface area (Å²) < 4.78 is 0. The predicted octanol–water partition coefficient (Wildman–Crippen LogP) is 9.78. The molecule has 0 aliphatic heterocycles. The van der Waals surface area contributed by atoms with E-state index in [0.717, 1.165) is 0 Å². The van der Waals surface area contributed by atoms with Crippen molar-refractivity contribution in [2.24, 2.45) is 0 Å². The third-order valence-electron chi connectivity index (χ3n) is 7.30. The number of para-hydroxylation sites is 2. The van der Waals surface area contributed by atoms with Gasteiger partial charge in [0.1, 0.15) is 0 Å². The van der Waals surface area contributed by atoms with Gasteiger partial charge in [-0.05, 0) is 63.7 Å². The lowest BCUT2D eigenvalue weighted by Gasteiger charge is -2.09. The Labute approximate surface area is 210 Å². The number of nitrogens with one attached hydrogen (secondary N) is 1. The van der Waals surface area contributed by atoms with Gasteiger partial charge in [-0.3, -0.25) is 0 Å². The summed E-state index contributed by atoms with van der Waals surface area (Å²) in [5.41, 5.74) is 11.1. The molecule has 6 aromatic carbocycles. The van der Waals surface area contributed by atoms with E-state index in [1.54, 1.807) is 0 Å². The van der Waals surface area contributed by atoms with Gasteiger partial charge in [0.25, 0.3) is 0 Å². The van der Waals surface area contributed by atoms with Gasteiger partial charge in [0.15, 0.2) is 0 Å². The van der Waals surface area contributed by atoms with Gasteiger partial charge in [-0.1, -0.05) is 115 Å². The lowest BCUT2D eigenvalue weighted by atomic mass is 9.96. The molecule has 0 radical (unpaired) electrons. The van der Waals surface area contributed by atoms with E-state index in [1.807, 2.05) is 0 Å². The second-order valence-electron chi connectivity index (χ2n) is 9.62. The van der Waals surface area contributed by atoms with Crippen molar-refractivity contribution in [3.63, 3.8) is 0 Å². The highest BCUT2D eigenvalue weighted by Gasteiger charge is 2.10. The average Bonchev–Trinajstić information content (AvgIpc) is 3.32.